The van der Waals surface area contributed by atoms with Crippen molar-refractivity contribution in [2.75, 3.05) is 6.54 Å². The number of aromatic nitrogens is 1. The van der Waals surface area contributed by atoms with Gasteiger partial charge in [-0.2, -0.15) is 0 Å². The van der Waals surface area contributed by atoms with Crippen molar-refractivity contribution < 1.29 is 0 Å². The molecule has 0 spiro atoms. The van der Waals surface area contributed by atoms with Crippen LogP contribution in [-0.4, -0.2) is 11.5 Å². The van der Waals surface area contributed by atoms with E-state index in [0.29, 0.717) is 0 Å². The number of hydrogen-bond acceptors (Lipinski definition) is 2. The molecule has 0 fully saturated rings. The minimum atomic E-state index is 0.198. The van der Waals surface area contributed by atoms with Gasteiger partial charge in [-0.3, -0.25) is 4.98 Å². The van der Waals surface area contributed by atoms with Crippen LogP contribution in [-0.2, 0) is 0 Å². The summed E-state index contributed by atoms with van der Waals surface area (Å²) in [5.74, 6) is 0. The molecule has 3 aromatic rings. The Morgan fingerprint density at radius 2 is 1.81 bits per heavy atom. The summed E-state index contributed by atoms with van der Waals surface area (Å²) in [6.45, 7) is 5.19. The van der Waals surface area contributed by atoms with Gasteiger partial charge in [0.15, 0.2) is 0 Å². The Labute approximate surface area is 125 Å². The van der Waals surface area contributed by atoms with Gasteiger partial charge in [-0.15, -0.1) is 0 Å². The second-order valence-electron chi connectivity index (χ2n) is 5.32. The molecule has 0 saturated carbocycles. The molecule has 0 aliphatic rings. The zero-order chi connectivity index (χ0) is 14.7. The number of nitrogens with zero attached hydrogens (tertiary/aromatic N) is 1. The molecule has 1 atom stereocenters. The lowest BCUT2D eigenvalue weighted by molar-refractivity contribution is 0.634. The van der Waals surface area contributed by atoms with Crippen LogP contribution in [0.3, 0.4) is 0 Å². The Morgan fingerprint density at radius 3 is 2.57 bits per heavy atom. The highest BCUT2D eigenvalue weighted by Crippen LogP contribution is 2.28. The number of benzene rings is 2. The first-order valence-corrected chi connectivity index (χ1v) is 7.43. The predicted molar refractivity (Wildman–Crippen MR) is 88.4 cm³/mol. The lowest BCUT2D eigenvalue weighted by atomic mass is 9.94. The second kappa shape index (κ2) is 6.06. The minimum absolute atomic E-state index is 0.198. The van der Waals surface area contributed by atoms with E-state index in [-0.39, 0.29) is 6.04 Å². The Hall–Kier alpha value is -2.19. The molecule has 2 nitrogen and oxygen atoms in total. The molecule has 21 heavy (non-hydrogen) atoms. The molecule has 0 amide bonds. The predicted octanol–water partition coefficient (Wildman–Crippen LogP) is 4.24. The second-order valence-corrected chi connectivity index (χ2v) is 5.32. The summed E-state index contributed by atoms with van der Waals surface area (Å²) in [5.41, 5.74) is 4.91. The smallest absolute Gasteiger partial charge is 0.0705 e. The van der Waals surface area contributed by atoms with Crippen molar-refractivity contribution in [1.29, 1.82) is 0 Å². The van der Waals surface area contributed by atoms with E-state index >= 15 is 0 Å². The van der Waals surface area contributed by atoms with Crippen molar-refractivity contribution in [3.8, 4) is 0 Å². The monoisotopic (exact) mass is 276 g/mol. The Morgan fingerprint density at radius 1 is 1.00 bits per heavy atom. The number of pyridine rings is 1. The van der Waals surface area contributed by atoms with E-state index in [0.717, 1.165) is 12.1 Å². The lowest BCUT2D eigenvalue weighted by Crippen LogP contribution is -2.22. The molecule has 2 aromatic carbocycles. The van der Waals surface area contributed by atoms with Crippen LogP contribution >= 0.6 is 0 Å². The van der Waals surface area contributed by atoms with Gasteiger partial charge in [-0.05, 0) is 36.7 Å². The summed E-state index contributed by atoms with van der Waals surface area (Å²) < 4.78 is 0. The summed E-state index contributed by atoms with van der Waals surface area (Å²) in [7, 11) is 0. The van der Waals surface area contributed by atoms with Gasteiger partial charge in [0.1, 0.15) is 0 Å². The summed E-state index contributed by atoms with van der Waals surface area (Å²) in [4.78, 5) is 4.46. The molecule has 0 radical (unpaired) electrons. The van der Waals surface area contributed by atoms with E-state index in [1.807, 2.05) is 12.3 Å². The maximum atomic E-state index is 4.46. The van der Waals surface area contributed by atoms with Crippen molar-refractivity contribution in [2.45, 2.75) is 19.9 Å². The van der Waals surface area contributed by atoms with E-state index in [9.17, 15) is 0 Å². The van der Waals surface area contributed by atoms with Crippen LogP contribution < -0.4 is 5.32 Å². The minimum Gasteiger partial charge on any atom is -0.307 e. The average Bonchev–Trinajstić information content (AvgIpc) is 2.53. The van der Waals surface area contributed by atoms with Gasteiger partial charge >= 0.3 is 0 Å². The van der Waals surface area contributed by atoms with Crippen LogP contribution in [0, 0.1) is 6.92 Å². The fourth-order valence-corrected chi connectivity index (χ4v) is 2.75. The van der Waals surface area contributed by atoms with Gasteiger partial charge in [0.2, 0.25) is 0 Å². The highest BCUT2D eigenvalue weighted by Gasteiger charge is 2.15. The van der Waals surface area contributed by atoms with Crippen LogP contribution in [0.2, 0.25) is 0 Å². The number of aryl methyl sites for hydroxylation is 1. The molecule has 1 aromatic heterocycles. The molecule has 1 N–H and O–H groups in total. The van der Waals surface area contributed by atoms with Crippen molar-refractivity contribution >= 4 is 10.9 Å². The number of hydrogen-bond donors (Lipinski definition) is 1. The third-order valence-electron chi connectivity index (χ3n) is 3.81. The standard InChI is InChI=1S/C19H20N2/c1-3-20-19(15-11-9-14(2)10-12-15)17-6-4-8-18-16(17)7-5-13-21-18/h4-13,19-20H,3H2,1-2H3. The maximum absolute atomic E-state index is 4.46. The number of fused-ring (bicyclic) bond motifs is 1. The van der Waals surface area contributed by atoms with Crippen LogP contribution in [0.5, 0.6) is 0 Å². The fraction of sp³-hybridized carbons (Fsp3) is 0.211. The number of nitrogens with one attached hydrogen (secondary N) is 1. The van der Waals surface area contributed by atoms with Crippen LogP contribution in [0.15, 0.2) is 60.8 Å². The molecule has 1 heterocycles. The Bertz CT molecular complexity index is 727. The first-order chi connectivity index (χ1) is 10.3. The lowest BCUT2D eigenvalue weighted by Gasteiger charge is -2.20. The molecular weight excluding hydrogens is 256 g/mol. The van der Waals surface area contributed by atoms with E-state index < -0.39 is 0 Å². The molecule has 106 valence electrons. The van der Waals surface area contributed by atoms with Gasteiger partial charge in [0, 0.05) is 11.6 Å². The summed E-state index contributed by atoms with van der Waals surface area (Å²) >= 11 is 0. The maximum Gasteiger partial charge on any atom is 0.0705 e. The zero-order valence-corrected chi connectivity index (χ0v) is 12.5. The van der Waals surface area contributed by atoms with Crippen molar-refractivity contribution in [3.05, 3.63) is 77.5 Å². The first-order valence-electron chi connectivity index (χ1n) is 7.43. The molecule has 0 aliphatic heterocycles. The number of rotatable bonds is 4. The zero-order valence-electron chi connectivity index (χ0n) is 12.5. The quantitative estimate of drug-likeness (QED) is 0.771. The van der Waals surface area contributed by atoms with E-state index in [1.54, 1.807) is 0 Å². The first kappa shape index (κ1) is 13.8. The van der Waals surface area contributed by atoms with Crippen LogP contribution in [0.4, 0.5) is 0 Å². The van der Waals surface area contributed by atoms with Crippen molar-refractivity contribution in [1.82, 2.24) is 10.3 Å². The largest absolute Gasteiger partial charge is 0.307 e. The van der Waals surface area contributed by atoms with Gasteiger partial charge in [0.05, 0.1) is 11.6 Å². The summed E-state index contributed by atoms with van der Waals surface area (Å²) in [6.07, 6.45) is 1.85. The molecule has 1 unspecified atom stereocenters. The molecular formula is C19H20N2. The van der Waals surface area contributed by atoms with Crippen LogP contribution in [0.25, 0.3) is 10.9 Å². The third kappa shape index (κ3) is 2.81. The van der Waals surface area contributed by atoms with Gasteiger partial charge in [0.25, 0.3) is 0 Å². The highest BCUT2D eigenvalue weighted by atomic mass is 14.9. The van der Waals surface area contributed by atoms with E-state index in [2.05, 4.69) is 72.7 Å². The molecule has 0 saturated heterocycles. The molecule has 0 aliphatic carbocycles. The van der Waals surface area contributed by atoms with Crippen molar-refractivity contribution in [2.24, 2.45) is 0 Å². The molecule has 3 rings (SSSR count). The molecule has 2 heteroatoms. The fourth-order valence-electron chi connectivity index (χ4n) is 2.75. The van der Waals surface area contributed by atoms with E-state index in [4.69, 9.17) is 0 Å². The Kier molecular flexibility index (Phi) is 3.98. The average molecular weight is 276 g/mol. The summed E-state index contributed by atoms with van der Waals surface area (Å²) in [6, 6.07) is 19.4. The van der Waals surface area contributed by atoms with Gasteiger partial charge in [-0.25, -0.2) is 0 Å². The highest BCUT2D eigenvalue weighted by molar-refractivity contribution is 5.83. The van der Waals surface area contributed by atoms with Crippen molar-refractivity contribution in [3.63, 3.8) is 0 Å². The van der Waals surface area contributed by atoms with Crippen LogP contribution in [0.1, 0.15) is 29.7 Å². The van der Waals surface area contributed by atoms with Gasteiger partial charge in [-0.1, -0.05) is 55.0 Å². The molecule has 0 bridgehead atoms. The Balaban J connectivity index is 2.13. The van der Waals surface area contributed by atoms with E-state index in [1.165, 1.54) is 22.1 Å². The van der Waals surface area contributed by atoms with Gasteiger partial charge < -0.3 is 5.32 Å². The SMILES string of the molecule is CCNC(c1ccc(C)cc1)c1cccc2ncccc12. The third-order valence-corrected chi connectivity index (χ3v) is 3.81. The topological polar surface area (TPSA) is 24.9 Å². The summed E-state index contributed by atoms with van der Waals surface area (Å²) in [5, 5.41) is 4.81. The normalized spacial score (nSPS) is 12.5.